The first-order valence-electron chi connectivity index (χ1n) is 9.43. The average Bonchev–Trinajstić information content (AvgIpc) is 2.75. The summed E-state index contributed by atoms with van der Waals surface area (Å²) in [7, 11) is -2.56. The van der Waals surface area contributed by atoms with E-state index in [2.05, 4.69) is 5.10 Å². The maximum absolute atomic E-state index is 13.7. The van der Waals surface area contributed by atoms with Crippen LogP contribution in [0.5, 0.6) is 11.5 Å². The monoisotopic (exact) mass is 470 g/mol. The van der Waals surface area contributed by atoms with E-state index in [4.69, 9.17) is 16.3 Å². The largest absolute Gasteiger partial charge is 0.451 e. The Morgan fingerprint density at radius 1 is 1.00 bits per heavy atom. The first-order valence-corrected chi connectivity index (χ1v) is 11.2. The van der Waals surface area contributed by atoms with E-state index in [1.54, 1.807) is 48.5 Å². The van der Waals surface area contributed by atoms with Crippen LogP contribution >= 0.6 is 11.6 Å². The minimum absolute atomic E-state index is 0.0618. The lowest BCUT2D eigenvalue weighted by Gasteiger charge is -2.14. The molecule has 0 saturated carbocycles. The molecule has 0 aliphatic heterocycles. The van der Waals surface area contributed by atoms with Crippen molar-refractivity contribution in [3.63, 3.8) is 0 Å². The lowest BCUT2D eigenvalue weighted by atomic mass is 10.1. The molecule has 0 aliphatic rings. The van der Waals surface area contributed by atoms with Crippen molar-refractivity contribution in [2.24, 2.45) is 0 Å². The third kappa shape index (κ3) is 4.87. The summed E-state index contributed by atoms with van der Waals surface area (Å²) in [4.78, 5) is 13.3. The molecule has 9 heteroatoms. The van der Waals surface area contributed by atoms with Gasteiger partial charge in [-0.05, 0) is 41.5 Å². The highest BCUT2D eigenvalue weighted by atomic mass is 35.5. The van der Waals surface area contributed by atoms with Crippen molar-refractivity contribution >= 4 is 22.3 Å². The normalized spacial score (nSPS) is 11.0. The molecule has 3 aromatic carbocycles. The molecule has 1 aromatic heterocycles. The van der Waals surface area contributed by atoms with Crippen LogP contribution in [-0.4, -0.2) is 18.2 Å². The fourth-order valence-corrected chi connectivity index (χ4v) is 3.81. The van der Waals surface area contributed by atoms with Gasteiger partial charge < -0.3 is 4.74 Å². The van der Waals surface area contributed by atoms with Crippen molar-refractivity contribution in [3.8, 4) is 28.3 Å². The summed E-state index contributed by atoms with van der Waals surface area (Å²) in [5.41, 5.74) is 1.44. The second kappa shape index (κ2) is 9.33. The second-order valence-electron chi connectivity index (χ2n) is 6.83. The predicted octanol–water partition coefficient (Wildman–Crippen LogP) is 4.60. The predicted molar refractivity (Wildman–Crippen MR) is 121 cm³/mol. The molecule has 162 valence electrons. The van der Waals surface area contributed by atoms with Gasteiger partial charge in [0.05, 0.1) is 23.2 Å². The van der Waals surface area contributed by atoms with Crippen molar-refractivity contribution in [3.05, 3.63) is 106 Å². The van der Waals surface area contributed by atoms with Crippen molar-refractivity contribution in [2.75, 3.05) is 0 Å². The Bertz CT molecular complexity index is 1410. The number of aromatic nitrogens is 2. The molecule has 0 spiro atoms. The minimum Gasteiger partial charge on any atom is -0.451 e. The number of nitrogens with zero attached hydrogens (tertiary/aromatic N) is 2. The molecule has 0 unspecified atom stereocenters. The van der Waals surface area contributed by atoms with Crippen LogP contribution in [0, 0.1) is 5.82 Å². The zero-order valence-corrected chi connectivity index (χ0v) is 18.1. The number of ether oxygens (including phenoxy) is 1. The summed E-state index contributed by atoms with van der Waals surface area (Å²) in [6.45, 7) is 0. The number of benzene rings is 3. The standard InChI is InChI=1S/C23H16ClFN2O4S/c24-17-3-1-5-19(11-17)27-23(28)22(31-20-6-2-4-18(25)12-20)21(13-26-27)16-9-7-15(8-10-16)14-32(29)30/h1-13,32H,14H2. The first-order chi connectivity index (χ1) is 15.4. The number of halogens is 2. The summed E-state index contributed by atoms with van der Waals surface area (Å²) < 4.78 is 42.6. The first kappa shape index (κ1) is 21.7. The third-order valence-corrected chi connectivity index (χ3v) is 5.44. The third-order valence-electron chi connectivity index (χ3n) is 4.58. The maximum atomic E-state index is 13.7. The van der Waals surface area contributed by atoms with Gasteiger partial charge in [0.15, 0.2) is 0 Å². The second-order valence-corrected chi connectivity index (χ2v) is 8.25. The van der Waals surface area contributed by atoms with E-state index in [9.17, 15) is 17.6 Å². The van der Waals surface area contributed by atoms with Gasteiger partial charge in [0.2, 0.25) is 5.75 Å². The Hall–Kier alpha value is -3.49. The van der Waals surface area contributed by atoms with Gasteiger partial charge in [-0.15, -0.1) is 0 Å². The van der Waals surface area contributed by atoms with E-state index in [1.165, 1.54) is 30.5 Å². The molecular weight excluding hydrogens is 455 g/mol. The Morgan fingerprint density at radius 2 is 1.75 bits per heavy atom. The van der Waals surface area contributed by atoms with Gasteiger partial charge in [-0.3, -0.25) is 4.79 Å². The van der Waals surface area contributed by atoms with E-state index in [0.717, 1.165) is 4.68 Å². The van der Waals surface area contributed by atoms with Crippen LogP contribution in [0.25, 0.3) is 16.8 Å². The van der Waals surface area contributed by atoms with Crippen molar-refractivity contribution in [1.82, 2.24) is 9.78 Å². The molecule has 0 radical (unpaired) electrons. The SMILES string of the molecule is O=c1c(Oc2cccc(F)c2)c(-c2ccc(C[SH](=O)=O)cc2)cnn1-c1cccc(Cl)c1. The highest BCUT2D eigenvalue weighted by molar-refractivity contribution is 7.71. The maximum Gasteiger partial charge on any atom is 0.315 e. The van der Waals surface area contributed by atoms with Crippen molar-refractivity contribution in [1.29, 1.82) is 0 Å². The zero-order valence-electron chi connectivity index (χ0n) is 16.4. The molecule has 0 fully saturated rings. The lowest BCUT2D eigenvalue weighted by Crippen LogP contribution is -2.22. The van der Waals surface area contributed by atoms with Gasteiger partial charge in [-0.25, -0.2) is 12.8 Å². The van der Waals surface area contributed by atoms with Crippen LogP contribution in [0.3, 0.4) is 0 Å². The van der Waals surface area contributed by atoms with Crippen molar-refractivity contribution in [2.45, 2.75) is 5.75 Å². The molecule has 32 heavy (non-hydrogen) atoms. The number of thiol groups is 1. The topological polar surface area (TPSA) is 78.3 Å². The molecule has 0 atom stereocenters. The van der Waals surface area contributed by atoms with Gasteiger partial charge >= 0.3 is 5.56 Å². The molecule has 0 aliphatic carbocycles. The van der Waals surface area contributed by atoms with Crippen molar-refractivity contribution < 1.29 is 17.5 Å². The number of hydrogen-bond acceptors (Lipinski definition) is 5. The van der Waals surface area contributed by atoms with Crippen LogP contribution in [0.15, 0.2) is 83.8 Å². The summed E-state index contributed by atoms with van der Waals surface area (Å²) in [5, 5.41) is 4.68. The molecule has 1 heterocycles. The zero-order chi connectivity index (χ0) is 22.7. The highest BCUT2D eigenvalue weighted by Gasteiger charge is 2.17. The number of rotatable bonds is 6. The Labute approximate surface area is 189 Å². The summed E-state index contributed by atoms with van der Waals surface area (Å²) >= 11 is 6.05. The van der Waals surface area contributed by atoms with E-state index in [0.29, 0.717) is 27.4 Å². The molecule has 0 bridgehead atoms. The fourth-order valence-electron chi connectivity index (χ4n) is 3.12. The highest BCUT2D eigenvalue weighted by Crippen LogP contribution is 2.31. The Balaban J connectivity index is 1.85. The summed E-state index contributed by atoms with van der Waals surface area (Å²) in [5.74, 6) is -0.513. The van der Waals surface area contributed by atoms with Crippen LogP contribution in [0.1, 0.15) is 5.56 Å². The Morgan fingerprint density at radius 3 is 2.44 bits per heavy atom. The van der Waals surface area contributed by atoms with E-state index in [1.807, 2.05) is 0 Å². The van der Waals surface area contributed by atoms with E-state index >= 15 is 0 Å². The van der Waals surface area contributed by atoms with Crippen LogP contribution < -0.4 is 10.3 Å². The Kier molecular flexibility index (Phi) is 6.34. The van der Waals surface area contributed by atoms with Crippen LogP contribution in [0.4, 0.5) is 4.39 Å². The quantitative estimate of drug-likeness (QED) is 0.417. The summed E-state index contributed by atoms with van der Waals surface area (Å²) in [6, 6.07) is 18.7. The van der Waals surface area contributed by atoms with Gasteiger partial charge in [0.25, 0.3) is 0 Å². The molecule has 0 saturated heterocycles. The molecular formula is C23H16ClFN2O4S. The van der Waals surface area contributed by atoms with Gasteiger partial charge in [-0.2, -0.15) is 9.78 Å². The average molecular weight is 471 g/mol. The molecule has 4 rings (SSSR count). The van der Waals surface area contributed by atoms with E-state index < -0.39 is 22.1 Å². The summed E-state index contributed by atoms with van der Waals surface area (Å²) in [6.07, 6.45) is 1.46. The molecule has 4 aromatic rings. The minimum atomic E-state index is -2.56. The lowest BCUT2D eigenvalue weighted by molar-refractivity contribution is 0.465. The number of hydrogen-bond donors (Lipinski definition) is 1. The van der Waals surface area contributed by atoms with Gasteiger partial charge in [0, 0.05) is 11.1 Å². The molecule has 0 amide bonds. The molecule has 6 nitrogen and oxygen atoms in total. The molecule has 0 N–H and O–H groups in total. The van der Waals surface area contributed by atoms with E-state index in [-0.39, 0.29) is 17.3 Å². The van der Waals surface area contributed by atoms with Gasteiger partial charge in [0.1, 0.15) is 22.3 Å². The van der Waals surface area contributed by atoms with Gasteiger partial charge in [-0.1, -0.05) is 48.0 Å². The smallest absolute Gasteiger partial charge is 0.315 e. The van der Waals surface area contributed by atoms with Crippen LogP contribution in [0.2, 0.25) is 5.02 Å². The fraction of sp³-hybridized carbons (Fsp3) is 0.0435. The van der Waals surface area contributed by atoms with Crippen LogP contribution in [-0.2, 0) is 16.5 Å².